The molecular weight excluding hydrogens is 292 g/mol. The van der Waals surface area contributed by atoms with Gasteiger partial charge in [-0.3, -0.25) is 10.1 Å². The normalized spacial score (nSPS) is 9.86. The highest BCUT2D eigenvalue weighted by Gasteiger charge is 2.21. The Kier molecular flexibility index (Phi) is 4.21. The van der Waals surface area contributed by atoms with Crippen LogP contribution in [0.3, 0.4) is 0 Å². The average Bonchev–Trinajstić information content (AvgIpc) is 2.47. The molecule has 0 aliphatic heterocycles. The summed E-state index contributed by atoms with van der Waals surface area (Å²) in [6.45, 7) is 0. The van der Waals surface area contributed by atoms with Crippen molar-refractivity contribution < 1.29 is 14.8 Å². The Morgan fingerprint density at radius 2 is 1.86 bits per heavy atom. The highest BCUT2D eigenvalue weighted by Crippen LogP contribution is 2.38. The van der Waals surface area contributed by atoms with Gasteiger partial charge in [-0.1, -0.05) is 30.0 Å². The lowest BCUT2D eigenvalue weighted by Gasteiger charge is -2.06. The van der Waals surface area contributed by atoms with Gasteiger partial charge in [-0.15, -0.1) is 0 Å². The van der Waals surface area contributed by atoms with Crippen LogP contribution in [0, 0.1) is 21.4 Å². The minimum absolute atomic E-state index is 0.0548. The zero-order valence-corrected chi connectivity index (χ0v) is 11.3. The first kappa shape index (κ1) is 14.6. The van der Waals surface area contributed by atoms with Crippen molar-refractivity contribution in [1.82, 2.24) is 0 Å². The molecule has 0 aromatic heterocycles. The molecule has 2 aromatic carbocycles. The molecule has 0 bridgehead atoms. The molecule has 104 valence electrons. The number of para-hydroxylation sites is 1. The number of benzene rings is 2. The van der Waals surface area contributed by atoms with Crippen molar-refractivity contribution in [3.63, 3.8) is 0 Å². The van der Waals surface area contributed by atoms with E-state index in [4.69, 9.17) is 10.4 Å². The van der Waals surface area contributed by atoms with E-state index in [1.807, 2.05) is 0 Å². The van der Waals surface area contributed by atoms with Crippen molar-refractivity contribution in [2.75, 3.05) is 0 Å². The molecule has 0 atom stereocenters. The fourth-order valence-corrected chi connectivity index (χ4v) is 2.81. The van der Waals surface area contributed by atoms with Gasteiger partial charge in [-0.05, 0) is 24.3 Å². The first-order valence-corrected chi connectivity index (χ1v) is 6.54. The van der Waals surface area contributed by atoms with Crippen molar-refractivity contribution >= 4 is 23.4 Å². The second-order valence-corrected chi connectivity index (χ2v) is 5.01. The van der Waals surface area contributed by atoms with Gasteiger partial charge >= 0.3 is 11.7 Å². The Morgan fingerprint density at radius 1 is 1.19 bits per heavy atom. The Hall–Kier alpha value is -2.85. The van der Waals surface area contributed by atoms with Gasteiger partial charge in [-0.2, -0.15) is 5.26 Å². The predicted molar refractivity (Wildman–Crippen MR) is 75.3 cm³/mol. The van der Waals surface area contributed by atoms with Gasteiger partial charge < -0.3 is 5.11 Å². The smallest absolute Gasteiger partial charge is 0.336 e. The highest BCUT2D eigenvalue weighted by molar-refractivity contribution is 7.99. The Bertz CT molecular complexity index is 768. The quantitative estimate of drug-likeness (QED) is 0.686. The lowest BCUT2D eigenvalue weighted by Crippen LogP contribution is -1.99. The minimum Gasteiger partial charge on any atom is -0.478 e. The maximum absolute atomic E-state index is 11.2. The van der Waals surface area contributed by atoms with Crippen LogP contribution in [0.5, 0.6) is 0 Å². The zero-order chi connectivity index (χ0) is 15.4. The molecule has 0 spiro atoms. The molecule has 0 aliphatic carbocycles. The molecular formula is C14H8N2O4S. The lowest BCUT2D eigenvalue weighted by molar-refractivity contribution is -0.388. The van der Waals surface area contributed by atoms with Gasteiger partial charge in [0.2, 0.25) is 0 Å². The number of hydrogen-bond donors (Lipinski definition) is 1. The van der Waals surface area contributed by atoms with Crippen LogP contribution in [0.15, 0.2) is 52.3 Å². The molecule has 0 amide bonds. The van der Waals surface area contributed by atoms with Crippen LogP contribution in [0.1, 0.15) is 15.9 Å². The second-order valence-electron chi connectivity index (χ2n) is 3.92. The van der Waals surface area contributed by atoms with E-state index >= 15 is 0 Å². The Balaban J connectivity index is 2.53. The number of nitriles is 1. The van der Waals surface area contributed by atoms with Gasteiger partial charge in [0.1, 0.15) is 11.6 Å². The molecule has 6 nitrogen and oxygen atoms in total. The van der Waals surface area contributed by atoms with Crippen LogP contribution in [0.25, 0.3) is 0 Å². The minimum atomic E-state index is -1.11. The standard InChI is InChI=1S/C14H8N2O4S/c15-8-9-4-3-7-12(13(9)16(19)20)21-11-6-2-1-5-10(11)14(17)18/h1-7H,(H,17,18). The Labute approximate surface area is 123 Å². The number of carboxylic acids is 1. The summed E-state index contributed by atoms with van der Waals surface area (Å²) in [6, 6.07) is 12.3. The van der Waals surface area contributed by atoms with E-state index in [9.17, 15) is 14.9 Å². The highest BCUT2D eigenvalue weighted by atomic mass is 32.2. The van der Waals surface area contributed by atoms with E-state index in [2.05, 4.69) is 0 Å². The van der Waals surface area contributed by atoms with Gasteiger partial charge in [-0.25, -0.2) is 4.79 Å². The lowest BCUT2D eigenvalue weighted by atomic mass is 10.2. The molecule has 0 saturated heterocycles. The van der Waals surface area contributed by atoms with E-state index in [-0.39, 0.29) is 21.7 Å². The topological polar surface area (TPSA) is 104 Å². The summed E-state index contributed by atoms with van der Waals surface area (Å²) in [4.78, 5) is 22.3. The van der Waals surface area contributed by atoms with Crippen molar-refractivity contribution in [2.45, 2.75) is 9.79 Å². The third-order valence-electron chi connectivity index (χ3n) is 2.64. The Morgan fingerprint density at radius 3 is 2.48 bits per heavy atom. The van der Waals surface area contributed by atoms with Gasteiger partial charge in [0.15, 0.2) is 0 Å². The number of hydrogen-bond acceptors (Lipinski definition) is 5. The molecule has 0 unspecified atom stereocenters. The molecule has 1 N–H and O–H groups in total. The van der Waals surface area contributed by atoms with Crippen LogP contribution in [0.2, 0.25) is 0 Å². The summed E-state index contributed by atoms with van der Waals surface area (Å²) >= 11 is 0.953. The number of nitro benzene ring substituents is 1. The van der Waals surface area contributed by atoms with Gasteiger partial charge in [0.25, 0.3) is 0 Å². The molecule has 0 saturated carbocycles. The molecule has 21 heavy (non-hydrogen) atoms. The number of rotatable bonds is 4. The summed E-state index contributed by atoms with van der Waals surface area (Å²) in [6.07, 6.45) is 0. The average molecular weight is 300 g/mol. The van der Waals surface area contributed by atoms with Crippen LogP contribution < -0.4 is 0 Å². The van der Waals surface area contributed by atoms with Crippen LogP contribution in [0.4, 0.5) is 5.69 Å². The molecule has 2 aromatic rings. The van der Waals surface area contributed by atoms with E-state index in [1.54, 1.807) is 24.3 Å². The van der Waals surface area contributed by atoms with Crippen molar-refractivity contribution in [2.24, 2.45) is 0 Å². The molecule has 2 rings (SSSR count). The summed E-state index contributed by atoms with van der Waals surface area (Å²) in [7, 11) is 0. The maximum Gasteiger partial charge on any atom is 0.336 e. The van der Waals surface area contributed by atoms with E-state index in [1.165, 1.54) is 24.3 Å². The predicted octanol–water partition coefficient (Wildman–Crippen LogP) is 3.32. The largest absolute Gasteiger partial charge is 0.478 e. The van der Waals surface area contributed by atoms with E-state index < -0.39 is 10.9 Å². The number of carbonyl (C=O) groups is 1. The third kappa shape index (κ3) is 3.01. The molecule has 7 heteroatoms. The first-order chi connectivity index (χ1) is 10.0. The summed E-state index contributed by atoms with van der Waals surface area (Å²) in [5, 5.41) is 29.2. The second kappa shape index (κ2) is 6.07. The summed E-state index contributed by atoms with van der Waals surface area (Å²) < 4.78 is 0. The maximum atomic E-state index is 11.2. The summed E-state index contributed by atoms with van der Waals surface area (Å²) in [5.74, 6) is -1.11. The number of aromatic carboxylic acids is 1. The number of carboxylic acid groups (broad SMARTS) is 1. The first-order valence-electron chi connectivity index (χ1n) is 5.72. The fourth-order valence-electron chi connectivity index (χ4n) is 1.73. The molecule has 0 radical (unpaired) electrons. The molecule has 0 fully saturated rings. The van der Waals surface area contributed by atoms with Crippen molar-refractivity contribution in [3.05, 3.63) is 63.7 Å². The number of nitrogens with zero attached hydrogens (tertiary/aromatic N) is 2. The number of nitro groups is 1. The summed E-state index contributed by atoms with van der Waals surface area (Å²) in [5.41, 5.74) is -0.317. The van der Waals surface area contributed by atoms with Crippen LogP contribution in [-0.2, 0) is 0 Å². The molecule has 0 heterocycles. The fraction of sp³-hybridized carbons (Fsp3) is 0. The van der Waals surface area contributed by atoms with Gasteiger partial charge in [0.05, 0.1) is 15.4 Å². The van der Waals surface area contributed by atoms with Crippen LogP contribution in [-0.4, -0.2) is 16.0 Å². The van der Waals surface area contributed by atoms with E-state index in [0.717, 1.165) is 11.8 Å². The van der Waals surface area contributed by atoms with E-state index in [0.29, 0.717) is 4.90 Å². The van der Waals surface area contributed by atoms with Crippen molar-refractivity contribution in [3.8, 4) is 6.07 Å². The SMILES string of the molecule is N#Cc1cccc(Sc2ccccc2C(=O)O)c1[N+](=O)[O-]. The monoisotopic (exact) mass is 300 g/mol. The molecule has 0 aliphatic rings. The third-order valence-corrected chi connectivity index (χ3v) is 3.76. The van der Waals surface area contributed by atoms with Gasteiger partial charge in [0, 0.05) is 4.90 Å². The zero-order valence-electron chi connectivity index (χ0n) is 10.5. The van der Waals surface area contributed by atoms with Crippen LogP contribution >= 0.6 is 11.8 Å². The van der Waals surface area contributed by atoms with Crippen molar-refractivity contribution in [1.29, 1.82) is 5.26 Å².